The van der Waals surface area contributed by atoms with Crippen LogP contribution in [0.3, 0.4) is 0 Å². The standard InChI is InChI=1S/C4HBr2ClOS2/c5-3-1-2(10(7)8)4(6)9-3/h1H. The maximum atomic E-state index is 10.7. The first-order valence-electron chi connectivity index (χ1n) is 2.14. The van der Waals surface area contributed by atoms with E-state index in [9.17, 15) is 4.21 Å². The van der Waals surface area contributed by atoms with Crippen molar-refractivity contribution in [2.75, 3.05) is 0 Å². The fourth-order valence-electron chi connectivity index (χ4n) is 0.435. The monoisotopic (exact) mass is 322 g/mol. The van der Waals surface area contributed by atoms with Crippen LogP contribution in [0.4, 0.5) is 0 Å². The van der Waals surface area contributed by atoms with Gasteiger partial charge < -0.3 is 0 Å². The number of rotatable bonds is 1. The molecule has 0 spiro atoms. The second-order valence-corrected chi connectivity index (χ2v) is 6.89. The average molecular weight is 324 g/mol. The van der Waals surface area contributed by atoms with Crippen LogP contribution in [0, 0.1) is 0 Å². The van der Waals surface area contributed by atoms with Gasteiger partial charge in [-0.15, -0.1) is 11.3 Å². The van der Waals surface area contributed by atoms with Crippen molar-refractivity contribution in [3.05, 3.63) is 13.6 Å². The van der Waals surface area contributed by atoms with Gasteiger partial charge in [0.25, 0.3) is 0 Å². The van der Waals surface area contributed by atoms with Gasteiger partial charge in [-0.3, -0.25) is 0 Å². The second kappa shape index (κ2) is 3.67. The Balaban J connectivity index is 3.15. The molecule has 0 amide bonds. The summed E-state index contributed by atoms with van der Waals surface area (Å²) in [5, 5.41) is 0. The summed E-state index contributed by atoms with van der Waals surface area (Å²) in [4.78, 5) is 0.624. The highest BCUT2D eigenvalue weighted by atomic mass is 79.9. The number of thiophene rings is 1. The molecule has 1 unspecified atom stereocenters. The third kappa shape index (κ3) is 2.04. The Kier molecular flexibility index (Phi) is 3.37. The van der Waals surface area contributed by atoms with Crippen molar-refractivity contribution in [1.82, 2.24) is 0 Å². The molecule has 0 aliphatic carbocycles. The summed E-state index contributed by atoms with van der Waals surface area (Å²) in [7, 11) is 3.94. The van der Waals surface area contributed by atoms with E-state index in [1.54, 1.807) is 6.07 Å². The summed E-state index contributed by atoms with van der Waals surface area (Å²) < 4.78 is 12.4. The van der Waals surface area contributed by atoms with Crippen LogP contribution in [0.25, 0.3) is 0 Å². The van der Waals surface area contributed by atoms with Crippen LogP contribution in [0.5, 0.6) is 0 Å². The zero-order valence-electron chi connectivity index (χ0n) is 4.44. The zero-order chi connectivity index (χ0) is 7.72. The topological polar surface area (TPSA) is 17.1 Å². The van der Waals surface area contributed by atoms with E-state index in [0.717, 1.165) is 7.57 Å². The van der Waals surface area contributed by atoms with E-state index in [2.05, 4.69) is 31.9 Å². The average Bonchev–Trinajstić information content (AvgIpc) is 2.10. The normalized spacial score (nSPS) is 13.5. The summed E-state index contributed by atoms with van der Waals surface area (Å²) in [6, 6.07) is 1.73. The van der Waals surface area contributed by atoms with Crippen LogP contribution in [0.15, 0.2) is 18.5 Å². The molecule has 0 aliphatic rings. The molecule has 1 aromatic rings. The Bertz CT molecular complexity index is 272. The molecule has 0 fully saturated rings. The highest BCUT2D eigenvalue weighted by Crippen LogP contribution is 2.34. The Hall–Kier alpha value is 1.10. The molecular formula is C4HBr2ClOS2. The molecule has 1 heterocycles. The lowest BCUT2D eigenvalue weighted by atomic mass is 10.7. The molecule has 0 aliphatic heterocycles. The Morgan fingerprint density at radius 1 is 1.60 bits per heavy atom. The lowest BCUT2D eigenvalue weighted by Crippen LogP contribution is -1.74. The highest BCUT2D eigenvalue weighted by molar-refractivity contribution is 9.12. The third-order valence-electron chi connectivity index (χ3n) is 0.798. The summed E-state index contributed by atoms with van der Waals surface area (Å²) in [6.45, 7) is 0. The van der Waals surface area contributed by atoms with Gasteiger partial charge in [0.15, 0.2) is 0 Å². The van der Waals surface area contributed by atoms with E-state index in [1.807, 2.05) is 0 Å². The van der Waals surface area contributed by atoms with Crippen LogP contribution in [-0.2, 0) is 10.0 Å². The Morgan fingerprint density at radius 2 is 2.20 bits per heavy atom. The molecule has 56 valence electrons. The minimum Gasteiger partial charge on any atom is -0.237 e. The quantitative estimate of drug-likeness (QED) is 0.722. The molecule has 10 heavy (non-hydrogen) atoms. The van der Waals surface area contributed by atoms with E-state index in [4.69, 9.17) is 10.7 Å². The van der Waals surface area contributed by atoms with Crippen molar-refractivity contribution in [3.63, 3.8) is 0 Å². The van der Waals surface area contributed by atoms with Crippen molar-refractivity contribution in [1.29, 1.82) is 0 Å². The molecule has 1 rings (SSSR count). The lowest BCUT2D eigenvalue weighted by Gasteiger charge is -1.84. The van der Waals surface area contributed by atoms with Gasteiger partial charge in [0.2, 0.25) is 0 Å². The van der Waals surface area contributed by atoms with Crippen molar-refractivity contribution < 1.29 is 4.21 Å². The molecule has 1 nitrogen and oxygen atoms in total. The molecule has 0 N–H and O–H groups in total. The van der Waals surface area contributed by atoms with Gasteiger partial charge in [0.1, 0.15) is 10.0 Å². The molecular weight excluding hydrogens is 323 g/mol. The van der Waals surface area contributed by atoms with E-state index >= 15 is 0 Å². The van der Waals surface area contributed by atoms with E-state index < -0.39 is 10.0 Å². The molecule has 0 saturated heterocycles. The first-order chi connectivity index (χ1) is 4.61. The molecule has 6 heteroatoms. The fourth-order valence-corrected chi connectivity index (χ4v) is 5.08. The van der Waals surface area contributed by atoms with Gasteiger partial charge >= 0.3 is 0 Å². The van der Waals surface area contributed by atoms with Crippen LogP contribution in [-0.4, -0.2) is 4.21 Å². The highest BCUT2D eigenvalue weighted by Gasteiger charge is 2.09. The Labute approximate surface area is 86.0 Å². The Morgan fingerprint density at radius 3 is 2.40 bits per heavy atom. The van der Waals surface area contributed by atoms with Gasteiger partial charge in [-0.05, 0) is 48.6 Å². The van der Waals surface area contributed by atoms with E-state index in [-0.39, 0.29) is 0 Å². The summed E-state index contributed by atoms with van der Waals surface area (Å²) in [6.07, 6.45) is 0. The predicted octanol–water partition coefficient (Wildman–Crippen LogP) is 3.53. The first kappa shape index (κ1) is 9.19. The molecule has 1 atom stereocenters. The third-order valence-corrected chi connectivity index (χ3v) is 4.70. The molecule has 0 saturated carbocycles. The second-order valence-electron chi connectivity index (χ2n) is 1.41. The number of hydrogen-bond donors (Lipinski definition) is 0. The molecule has 0 radical (unpaired) electrons. The van der Waals surface area contributed by atoms with Crippen molar-refractivity contribution in [3.8, 4) is 0 Å². The molecule has 0 aromatic carbocycles. The van der Waals surface area contributed by atoms with E-state index in [1.165, 1.54) is 11.3 Å². The van der Waals surface area contributed by atoms with Crippen molar-refractivity contribution in [2.24, 2.45) is 0 Å². The molecule has 1 aromatic heterocycles. The minimum atomic E-state index is -1.41. The molecule has 0 bridgehead atoms. The van der Waals surface area contributed by atoms with Crippen LogP contribution >= 0.6 is 53.9 Å². The minimum absolute atomic E-state index is 0.624. The zero-order valence-corrected chi connectivity index (χ0v) is 10.00. The van der Waals surface area contributed by atoms with Crippen LogP contribution < -0.4 is 0 Å². The van der Waals surface area contributed by atoms with Gasteiger partial charge in [-0.25, -0.2) is 4.21 Å². The summed E-state index contributed by atoms with van der Waals surface area (Å²) >= 11 is 7.93. The predicted molar refractivity (Wildman–Crippen MR) is 52.0 cm³/mol. The fraction of sp³-hybridized carbons (Fsp3) is 0. The maximum absolute atomic E-state index is 10.7. The van der Waals surface area contributed by atoms with E-state index in [0.29, 0.717) is 4.90 Å². The smallest absolute Gasteiger partial charge is 0.149 e. The van der Waals surface area contributed by atoms with Crippen LogP contribution in [0.2, 0.25) is 0 Å². The maximum Gasteiger partial charge on any atom is 0.149 e. The summed E-state index contributed by atoms with van der Waals surface area (Å²) in [5.74, 6) is 0. The lowest BCUT2D eigenvalue weighted by molar-refractivity contribution is 0.691. The SMILES string of the molecule is O=S(Cl)c1cc(Br)sc1Br. The van der Waals surface area contributed by atoms with Crippen LogP contribution in [0.1, 0.15) is 0 Å². The first-order valence-corrected chi connectivity index (χ1v) is 6.52. The summed E-state index contributed by atoms with van der Waals surface area (Å²) in [5.41, 5.74) is 0. The van der Waals surface area contributed by atoms with Gasteiger partial charge in [0, 0.05) is 0 Å². The van der Waals surface area contributed by atoms with Crippen molar-refractivity contribution >= 4 is 63.9 Å². The number of hydrogen-bond acceptors (Lipinski definition) is 2. The van der Waals surface area contributed by atoms with Gasteiger partial charge in [0.05, 0.1) is 12.5 Å². The largest absolute Gasteiger partial charge is 0.237 e. The number of halogens is 3. The van der Waals surface area contributed by atoms with Gasteiger partial charge in [-0.1, -0.05) is 0 Å². The van der Waals surface area contributed by atoms with Gasteiger partial charge in [-0.2, -0.15) is 0 Å². The van der Waals surface area contributed by atoms with Crippen molar-refractivity contribution in [2.45, 2.75) is 4.90 Å².